The zero-order valence-electron chi connectivity index (χ0n) is 13.5. The minimum atomic E-state index is 0.0977. The average Bonchev–Trinajstić information content (AvgIpc) is 2.37. The normalized spacial score (nSPS) is 17.2. The molecule has 0 aromatic heterocycles. The molecular weight excluding hydrogens is 248 g/mol. The molecule has 3 nitrogen and oxygen atoms in total. The van der Waals surface area contributed by atoms with Crippen molar-refractivity contribution >= 4 is 0 Å². The average molecular weight is 276 g/mol. The van der Waals surface area contributed by atoms with Crippen molar-refractivity contribution in [2.45, 2.75) is 33.1 Å². The number of methoxy groups -OCH3 is 1. The molecule has 1 aromatic carbocycles. The highest BCUT2D eigenvalue weighted by molar-refractivity contribution is 5.47. The monoisotopic (exact) mass is 276 g/mol. The van der Waals surface area contributed by atoms with Crippen LogP contribution < -0.4 is 10.1 Å². The summed E-state index contributed by atoms with van der Waals surface area (Å²) in [6, 6.07) is 4.42. The van der Waals surface area contributed by atoms with Crippen molar-refractivity contribution in [3.05, 3.63) is 28.8 Å². The van der Waals surface area contributed by atoms with Gasteiger partial charge in [-0.05, 0) is 31.0 Å². The number of aryl methyl sites for hydroxylation is 2. The molecule has 1 fully saturated rings. The lowest BCUT2D eigenvalue weighted by Gasteiger charge is -2.37. The number of ether oxygens (including phenoxy) is 1. The SMILES string of the molecule is COc1cc(C)cc(C)c1C(C)(C)CN1CCNCC1. The zero-order valence-corrected chi connectivity index (χ0v) is 13.5. The summed E-state index contributed by atoms with van der Waals surface area (Å²) in [6.45, 7) is 14.5. The summed E-state index contributed by atoms with van der Waals surface area (Å²) in [5.41, 5.74) is 4.05. The molecule has 3 heteroatoms. The van der Waals surface area contributed by atoms with Gasteiger partial charge in [-0.1, -0.05) is 19.9 Å². The second kappa shape index (κ2) is 6.15. The lowest BCUT2D eigenvalue weighted by molar-refractivity contribution is 0.197. The van der Waals surface area contributed by atoms with Crippen molar-refractivity contribution < 1.29 is 4.74 Å². The highest BCUT2D eigenvalue weighted by Gasteiger charge is 2.29. The van der Waals surface area contributed by atoms with Crippen LogP contribution in [-0.2, 0) is 5.41 Å². The molecular formula is C17H28N2O. The second-order valence-electron chi connectivity index (χ2n) is 6.57. The minimum absolute atomic E-state index is 0.0977. The molecule has 1 heterocycles. The van der Waals surface area contributed by atoms with Crippen molar-refractivity contribution in [3.8, 4) is 5.75 Å². The van der Waals surface area contributed by atoms with Crippen LogP contribution in [-0.4, -0.2) is 44.7 Å². The van der Waals surface area contributed by atoms with E-state index in [0.29, 0.717) is 0 Å². The van der Waals surface area contributed by atoms with E-state index in [2.05, 4.69) is 50.0 Å². The van der Waals surface area contributed by atoms with Gasteiger partial charge < -0.3 is 10.1 Å². The maximum atomic E-state index is 5.65. The van der Waals surface area contributed by atoms with E-state index in [1.54, 1.807) is 7.11 Å². The maximum absolute atomic E-state index is 5.65. The van der Waals surface area contributed by atoms with Crippen molar-refractivity contribution in [2.24, 2.45) is 0 Å². The number of nitrogens with zero attached hydrogens (tertiary/aromatic N) is 1. The van der Waals surface area contributed by atoms with E-state index in [1.165, 1.54) is 16.7 Å². The standard InChI is InChI=1S/C17H28N2O/c1-13-10-14(2)16(15(11-13)20-5)17(3,4)12-19-8-6-18-7-9-19/h10-11,18H,6-9,12H2,1-5H3. The third-order valence-corrected chi connectivity index (χ3v) is 4.17. The van der Waals surface area contributed by atoms with Gasteiger partial charge in [0.05, 0.1) is 7.11 Å². The van der Waals surface area contributed by atoms with Crippen molar-refractivity contribution in [2.75, 3.05) is 39.8 Å². The third-order valence-electron chi connectivity index (χ3n) is 4.17. The lowest BCUT2D eigenvalue weighted by Crippen LogP contribution is -2.48. The fourth-order valence-electron chi connectivity index (χ4n) is 3.46. The summed E-state index contributed by atoms with van der Waals surface area (Å²) in [4.78, 5) is 2.55. The van der Waals surface area contributed by atoms with E-state index in [1.807, 2.05) is 0 Å². The molecule has 112 valence electrons. The first-order valence-electron chi connectivity index (χ1n) is 7.53. The van der Waals surface area contributed by atoms with E-state index in [9.17, 15) is 0 Å². The fourth-order valence-corrected chi connectivity index (χ4v) is 3.46. The van der Waals surface area contributed by atoms with Crippen LogP contribution in [0.5, 0.6) is 5.75 Å². The molecule has 0 atom stereocenters. The van der Waals surface area contributed by atoms with Crippen LogP contribution >= 0.6 is 0 Å². The largest absolute Gasteiger partial charge is 0.496 e. The van der Waals surface area contributed by atoms with Gasteiger partial charge in [-0.2, -0.15) is 0 Å². The number of nitrogens with one attached hydrogen (secondary N) is 1. The van der Waals surface area contributed by atoms with E-state index in [4.69, 9.17) is 4.74 Å². The van der Waals surface area contributed by atoms with E-state index in [-0.39, 0.29) is 5.41 Å². The summed E-state index contributed by atoms with van der Waals surface area (Å²) < 4.78 is 5.65. The number of hydrogen-bond donors (Lipinski definition) is 1. The Morgan fingerprint density at radius 2 is 1.85 bits per heavy atom. The third kappa shape index (κ3) is 3.33. The molecule has 0 bridgehead atoms. The topological polar surface area (TPSA) is 24.5 Å². The molecule has 1 aromatic rings. The summed E-state index contributed by atoms with van der Waals surface area (Å²) >= 11 is 0. The van der Waals surface area contributed by atoms with Gasteiger partial charge in [-0.3, -0.25) is 4.90 Å². The van der Waals surface area contributed by atoms with Crippen LogP contribution in [0.3, 0.4) is 0 Å². The van der Waals surface area contributed by atoms with Crippen molar-refractivity contribution in [3.63, 3.8) is 0 Å². The van der Waals surface area contributed by atoms with Gasteiger partial charge in [0.25, 0.3) is 0 Å². The molecule has 1 saturated heterocycles. The predicted octanol–water partition coefficient (Wildman–Crippen LogP) is 2.49. The lowest BCUT2D eigenvalue weighted by atomic mass is 9.80. The van der Waals surface area contributed by atoms with Crippen LogP contribution in [0.25, 0.3) is 0 Å². The van der Waals surface area contributed by atoms with Crippen molar-refractivity contribution in [1.82, 2.24) is 10.2 Å². The maximum Gasteiger partial charge on any atom is 0.123 e. The molecule has 0 radical (unpaired) electrons. The molecule has 0 spiro atoms. The minimum Gasteiger partial charge on any atom is -0.496 e. The van der Waals surface area contributed by atoms with E-state index >= 15 is 0 Å². The van der Waals surface area contributed by atoms with Gasteiger partial charge in [0.1, 0.15) is 5.75 Å². The van der Waals surface area contributed by atoms with Crippen LogP contribution in [0.4, 0.5) is 0 Å². The molecule has 0 saturated carbocycles. The van der Waals surface area contributed by atoms with Gasteiger partial charge in [-0.25, -0.2) is 0 Å². The molecule has 1 aliphatic rings. The molecule has 2 rings (SSSR count). The number of piperazine rings is 1. The molecule has 20 heavy (non-hydrogen) atoms. The van der Waals surface area contributed by atoms with Crippen LogP contribution in [0, 0.1) is 13.8 Å². The first-order valence-corrected chi connectivity index (χ1v) is 7.53. The Morgan fingerprint density at radius 1 is 1.20 bits per heavy atom. The number of benzene rings is 1. The first-order chi connectivity index (χ1) is 9.44. The Bertz CT molecular complexity index is 462. The van der Waals surface area contributed by atoms with Gasteiger partial charge >= 0.3 is 0 Å². The Hall–Kier alpha value is -1.06. The molecule has 1 aliphatic heterocycles. The van der Waals surface area contributed by atoms with Gasteiger partial charge in [0.15, 0.2) is 0 Å². The van der Waals surface area contributed by atoms with Gasteiger partial charge in [-0.15, -0.1) is 0 Å². The quantitative estimate of drug-likeness (QED) is 0.914. The molecule has 0 aliphatic carbocycles. The van der Waals surface area contributed by atoms with Gasteiger partial charge in [0, 0.05) is 43.7 Å². The number of rotatable bonds is 4. The Kier molecular flexibility index (Phi) is 4.71. The summed E-state index contributed by atoms with van der Waals surface area (Å²) in [5, 5.41) is 3.42. The molecule has 1 N–H and O–H groups in total. The fraction of sp³-hybridized carbons (Fsp3) is 0.647. The zero-order chi connectivity index (χ0) is 14.8. The van der Waals surface area contributed by atoms with Crippen LogP contribution in [0.1, 0.15) is 30.5 Å². The second-order valence-corrected chi connectivity index (χ2v) is 6.57. The van der Waals surface area contributed by atoms with E-state index in [0.717, 1.165) is 38.5 Å². The van der Waals surface area contributed by atoms with Crippen LogP contribution in [0.15, 0.2) is 12.1 Å². The highest BCUT2D eigenvalue weighted by atomic mass is 16.5. The number of hydrogen-bond acceptors (Lipinski definition) is 3. The molecule has 0 amide bonds. The van der Waals surface area contributed by atoms with Gasteiger partial charge in [0.2, 0.25) is 0 Å². The predicted molar refractivity (Wildman–Crippen MR) is 84.8 cm³/mol. The smallest absolute Gasteiger partial charge is 0.123 e. The summed E-state index contributed by atoms with van der Waals surface area (Å²) in [6.07, 6.45) is 0. The Balaban J connectivity index is 2.27. The van der Waals surface area contributed by atoms with E-state index < -0.39 is 0 Å². The van der Waals surface area contributed by atoms with Crippen LogP contribution in [0.2, 0.25) is 0 Å². The highest BCUT2D eigenvalue weighted by Crippen LogP contribution is 2.36. The molecule has 0 unspecified atom stereocenters. The Morgan fingerprint density at radius 3 is 2.45 bits per heavy atom. The van der Waals surface area contributed by atoms with Crippen molar-refractivity contribution in [1.29, 1.82) is 0 Å². The summed E-state index contributed by atoms with van der Waals surface area (Å²) in [7, 11) is 1.78. The Labute approximate surface area is 123 Å². The first kappa shape index (κ1) is 15.3. The summed E-state index contributed by atoms with van der Waals surface area (Å²) in [5.74, 6) is 1.03.